The highest BCUT2D eigenvalue weighted by Gasteiger charge is 2.30. The van der Waals surface area contributed by atoms with Gasteiger partial charge in [0.05, 0.1) is 16.8 Å². The molecule has 1 unspecified atom stereocenters. The highest BCUT2D eigenvalue weighted by atomic mass is 35.5. The fraction of sp³-hybridized carbons (Fsp3) is 0.318. The van der Waals surface area contributed by atoms with Gasteiger partial charge in [-0.05, 0) is 43.5 Å². The van der Waals surface area contributed by atoms with E-state index in [1.54, 1.807) is 6.07 Å². The van der Waals surface area contributed by atoms with Gasteiger partial charge in [0, 0.05) is 11.1 Å². The van der Waals surface area contributed by atoms with Crippen LogP contribution in [0.1, 0.15) is 43.2 Å². The lowest BCUT2D eigenvalue weighted by Crippen LogP contribution is -2.28. The normalized spacial score (nSPS) is 14.3. The van der Waals surface area contributed by atoms with Crippen molar-refractivity contribution in [2.45, 2.75) is 43.6 Å². The van der Waals surface area contributed by atoms with E-state index >= 15 is 0 Å². The largest absolute Gasteiger partial charge is 0.484 e. The lowest BCUT2D eigenvalue weighted by atomic mass is 10.1. The molecule has 1 saturated carbocycles. The Morgan fingerprint density at radius 1 is 1.16 bits per heavy atom. The van der Waals surface area contributed by atoms with E-state index in [0.29, 0.717) is 21.8 Å². The van der Waals surface area contributed by atoms with Gasteiger partial charge in [-0.25, -0.2) is 0 Å². The highest BCUT2D eigenvalue weighted by molar-refractivity contribution is 7.99. The van der Waals surface area contributed by atoms with E-state index in [9.17, 15) is 4.79 Å². The van der Waals surface area contributed by atoms with Gasteiger partial charge in [-0.15, -0.1) is 10.2 Å². The number of nitrogens with one attached hydrogen (secondary N) is 1. The number of amides is 1. The van der Waals surface area contributed by atoms with E-state index in [1.807, 2.05) is 49.4 Å². The van der Waals surface area contributed by atoms with Crippen molar-refractivity contribution in [3.63, 3.8) is 0 Å². The summed E-state index contributed by atoms with van der Waals surface area (Å²) < 4.78 is 7.91. The number of carbonyl (C=O) groups is 1. The molecule has 0 saturated heterocycles. The van der Waals surface area contributed by atoms with Crippen LogP contribution in [-0.4, -0.2) is 26.4 Å². The van der Waals surface area contributed by atoms with E-state index in [0.717, 1.165) is 29.4 Å². The van der Waals surface area contributed by atoms with Gasteiger partial charge in [0.2, 0.25) is 5.91 Å². The number of hydrogen-bond donors (Lipinski definition) is 1. The van der Waals surface area contributed by atoms with Crippen LogP contribution in [-0.2, 0) is 11.4 Å². The molecule has 6 nitrogen and oxygen atoms in total. The minimum absolute atomic E-state index is 0.0864. The number of halogens is 2. The highest BCUT2D eigenvalue weighted by Crippen LogP contribution is 2.39. The zero-order valence-corrected chi connectivity index (χ0v) is 19.3. The number of ether oxygens (including phenoxy) is 1. The van der Waals surface area contributed by atoms with Crippen LogP contribution in [0, 0.1) is 0 Å². The van der Waals surface area contributed by atoms with Crippen molar-refractivity contribution in [3.05, 3.63) is 70.0 Å². The van der Waals surface area contributed by atoms with Crippen LogP contribution < -0.4 is 10.1 Å². The second-order valence-electron chi connectivity index (χ2n) is 7.32. The first-order valence-electron chi connectivity index (χ1n) is 10.0. The van der Waals surface area contributed by atoms with Crippen molar-refractivity contribution in [1.82, 2.24) is 20.1 Å². The molecule has 1 atom stereocenters. The summed E-state index contributed by atoms with van der Waals surface area (Å²) in [6.45, 7) is 2.18. The molecule has 1 amide bonds. The van der Waals surface area contributed by atoms with Gasteiger partial charge >= 0.3 is 0 Å². The lowest BCUT2D eigenvalue weighted by molar-refractivity contribution is -0.119. The number of benzene rings is 2. The number of hydrogen-bond acceptors (Lipinski definition) is 5. The molecular formula is C22H22Cl2N4O2S. The standard InChI is InChI=1S/C22H22Cl2N4O2S/c1-14(16-6-2-3-7-17(16)23)25-21(29)13-31-22-27-26-20(28(22)15-10-11-15)12-30-19-9-5-4-8-18(19)24/h2-9,14-15H,10-13H2,1H3,(H,25,29). The van der Waals surface area contributed by atoms with Gasteiger partial charge in [-0.2, -0.15) is 0 Å². The van der Waals surface area contributed by atoms with Crippen molar-refractivity contribution in [2.24, 2.45) is 0 Å². The fourth-order valence-corrected chi connectivity index (χ4v) is 4.55. The molecule has 162 valence electrons. The zero-order valence-electron chi connectivity index (χ0n) is 16.9. The van der Waals surface area contributed by atoms with Crippen molar-refractivity contribution in [2.75, 3.05) is 5.75 Å². The van der Waals surface area contributed by atoms with Crippen LogP contribution in [0.15, 0.2) is 53.7 Å². The van der Waals surface area contributed by atoms with Gasteiger partial charge in [0.1, 0.15) is 12.4 Å². The third-order valence-corrected chi connectivity index (χ3v) is 6.52. The maximum atomic E-state index is 12.5. The van der Waals surface area contributed by atoms with Gasteiger partial charge in [-0.1, -0.05) is 65.3 Å². The number of para-hydroxylation sites is 1. The maximum absolute atomic E-state index is 12.5. The molecule has 1 N–H and O–H groups in total. The predicted molar refractivity (Wildman–Crippen MR) is 123 cm³/mol. The van der Waals surface area contributed by atoms with Crippen LogP contribution in [0.3, 0.4) is 0 Å². The molecule has 1 heterocycles. The summed E-state index contributed by atoms with van der Waals surface area (Å²) in [6, 6.07) is 15.0. The summed E-state index contributed by atoms with van der Waals surface area (Å²) in [5.41, 5.74) is 0.891. The third-order valence-electron chi connectivity index (χ3n) is 4.92. The SMILES string of the molecule is CC(NC(=O)CSc1nnc(COc2ccccc2Cl)n1C1CC1)c1ccccc1Cl. The quantitative estimate of drug-likeness (QED) is 0.414. The topological polar surface area (TPSA) is 69.0 Å². The summed E-state index contributed by atoms with van der Waals surface area (Å²) in [5, 5.41) is 13.5. The van der Waals surface area contributed by atoms with Crippen LogP contribution in [0.4, 0.5) is 0 Å². The first kappa shape index (κ1) is 22.0. The Morgan fingerprint density at radius 2 is 1.87 bits per heavy atom. The summed E-state index contributed by atoms with van der Waals surface area (Å²) in [7, 11) is 0. The monoisotopic (exact) mass is 476 g/mol. The molecular weight excluding hydrogens is 455 g/mol. The molecule has 1 aromatic heterocycles. The zero-order chi connectivity index (χ0) is 21.8. The van der Waals surface area contributed by atoms with Crippen molar-refractivity contribution in [3.8, 4) is 5.75 Å². The van der Waals surface area contributed by atoms with E-state index in [4.69, 9.17) is 27.9 Å². The first-order chi connectivity index (χ1) is 15.0. The smallest absolute Gasteiger partial charge is 0.230 e. The molecule has 1 aliphatic rings. The summed E-state index contributed by atoms with van der Waals surface area (Å²) in [5.74, 6) is 1.49. The molecule has 4 rings (SSSR count). The molecule has 3 aromatic rings. The Labute approximate surface area is 195 Å². The van der Waals surface area contributed by atoms with Gasteiger partial charge in [0.15, 0.2) is 11.0 Å². The summed E-state index contributed by atoms with van der Waals surface area (Å²) in [6.07, 6.45) is 2.14. The van der Waals surface area contributed by atoms with Crippen molar-refractivity contribution >= 4 is 40.9 Å². The molecule has 2 aromatic carbocycles. The molecule has 0 radical (unpaired) electrons. The van der Waals surface area contributed by atoms with E-state index < -0.39 is 0 Å². The molecule has 0 bridgehead atoms. The molecule has 9 heteroatoms. The Morgan fingerprint density at radius 3 is 2.58 bits per heavy atom. The Hall–Kier alpha value is -2.22. The molecule has 0 aliphatic heterocycles. The van der Waals surface area contributed by atoms with Gasteiger partial charge in [0.25, 0.3) is 0 Å². The van der Waals surface area contributed by atoms with E-state index in [2.05, 4.69) is 20.1 Å². The van der Waals surface area contributed by atoms with E-state index in [1.165, 1.54) is 11.8 Å². The van der Waals surface area contributed by atoms with Crippen LogP contribution >= 0.6 is 35.0 Å². The summed E-state index contributed by atoms with van der Waals surface area (Å²) >= 11 is 13.8. The molecule has 0 spiro atoms. The van der Waals surface area contributed by atoms with Crippen LogP contribution in [0.25, 0.3) is 0 Å². The van der Waals surface area contributed by atoms with E-state index in [-0.39, 0.29) is 24.3 Å². The number of nitrogens with zero attached hydrogens (tertiary/aromatic N) is 3. The minimum atomic E-state index is -0.178. The average Bonchev–Trinajstić information content (AvgIpc) is 3.52. The van der Waals surface area contributed by atoms with Crippen molar-refractivity contribution < 1.29 is 9.53 Å². The van der Waals surface area contributed by atoms with Crippen LogP contribution in [0.2, 0.25) is 10.0 Å². The average molecular weight is 477 g/mol. The maximum Gasteiger partial charge on any atom is 0.230 e. The van der Waals surface area contributed by atoms with Gasteiger partial charge < -0.3 is 10.1 Å². The second-order valence-corrected chi connectivity index (χ2v) is 9.08. The van der Waals surface area contributed by atoms with Crippen molar-refractivity contribution in [1.29, 1.82) is 0 Å². The Balaban J connectivity index is 1.37. The minimum Gasteiger partial charge on any atom is -0.484 e. The number of aromatic nitrogens is 3. The second kappa shape index (κ2) is 9.94. The predicted octanol–water partition coefficient (Wildman–Crippen LogP) is 5.47. The van der Waals surface area contributed by atoms with Crippen LogP contribution in [0.5, 0.6) is 5.75 Å². The molecule has 1 aliphatic carbocycles. The Kier molecular flexibility index (Phi) is 7.05. The Bertz CT molecular complexity index is 1070. The first-order valence-corrected chi connectivity index (χ1v) is 11.7. The number of rotatable bonds is 9. The summed E-state index contributed by atoms with van der Waals surface area (Å²) in [4.78, 5) is 12.5. The third kappa shape index (κ3) is 5.53. The molecule has 1 fully saturated rings. The number of carbonyl (C=O) groups excluding carboxylic acids is 1. The molecule has 31 heavy (non-hydrogen) atoms. The number of thioether (sulfide) groups is 1. The fourth-order valence-electron chi connectivity index (χ4n) is 3.23. The van der Waals surface area contributed by atoms with Gasteiger partial charge in [-0.3, -0.25) is 9.36 Å². The lowest BCUT2D eigenvalue weighted by Gasteiger charge is -2.15.